The van der Waals surface area contributed by atoms with Crippen molar-refractivity contribution in [3.63, 3.8) is 0 Å². The molecule has 0 spiro atoms. The molecule has 7 nitrogen and oxygen atoms in total. The van der Waals surface area contributed by atoms with Crippen LogP contribution in [0.3, 0.4) is 0 Å². The summed E-state index contributed by atoms with van der Waals surface area (Å²) >= 11 is 5.86. The summed E-state index contributed by atoms with van der Waals surface area (Å²) in [6, 6.07) is 12.0. The van der Waals surface area contributed by atoms with E-state index in [-0.39, 0.29) is 11.2 Å². The Hall–Kier alpha value is -3.58. The molecule has 4 amide bonds. The van der Waals surface area contributed by atoms with Crippen LogP contribution in [0, 0.1) is 0 Å². The molecule has 4 rings (SSSR count). The number of fused-ring (bicyclic) bond motifs is 1. The lowest BCUT2D eigenvalue weighted by Gasteiger charge is -2.43. The zero-order valence-corrected chi connectivity index (χ0v) is 21.1. The van der Waals surface area contributed by atoms with Gasteiger partial charge in [0.1, 0.15) is 12.2 Å². The highest BCUT2D eigenvalue weighted by Gasteiger charge is 2.35. The van der Waals surface area contributed by atoms with Gasteiger partial charge in [0, 0.05) is 28.5 Å². The maximum absolute atomic E-state index is 12.9. The first kappa shape index (κ1) is 24.5. The maximum atomic E-state index is 12.9. The third kappa shape index (κ3) is 5.10. The number of carbonyl (C=O) groups is 3. The Morgan fingerprint density at radius 2 is 1.86 bits per heavy atom. The highest BCUT2D eigenvalue weighted by Crippen LogP contribution is 2.39. The zero-order chi connectivity index (χ0) is 25.3. The van der Waals surface area contributed by atoms with Crippen LogP contribution in [0.5, 0.6) is 0 Å². The fraction of sp³-hybridized carbons (Fsp3) is 0.296. The zero-order valence-electron chi connectivity index (χ0n) is 20.3. The Kier molecular flexibility index (Phi) is 6.72. The van der Waals surface area contributed by atoms with Gasteiger partial charge >= 0.3 is 6.03 Å². The smallest absolute Gasteiger partial charge is 0.329 e. The molecule has 2 N–H and O–H groups in total. The number of amides is 4. The number of urea groups is 1. The van der Waals surface area contributed by atoms with E-state index >= 15 is 0 Å². The second kappa shape index (κ2) is 9.58. The standard InChI is InChI=1S/C27H29ClN4O3/c1-5-12-32-23-11-6-18(13-21(23)17(2)15-27(32,3)4)14-22-25(34)31(26(35)30-22)16-24(33)29-20-9-7-19(28)8-10-20/h6-11,13-15H,5,12,16H2,1-4H3,(H,29,33)(H,30,35)/b22-14+. The van der Waals surface area contributed by atoms with Crippen molar-refractivity contribution in [1.82, 2.24) is 10.2 Å². The molecule has 1 fully saturated rings. The topological polar surface area (TPSA) is 81.8 Å². The van der Waals surface area contributed by atoms with E-state index in [0.29, 0.717) is 10.7 Å². The summed E-state index contributed by atoms with van der Waals surface area (Å²) in [5, 5.41) is 5.79. The van der Waals surface area contributed by atoms with Gasteiger partial charge in [-0.25, -0.2) is 9.69 Å². The van der Waals surface area contributed by atoms with E-state index < -0.39 is 24.4 Å². The largest absolute Gasteiger partial charge is 0.362 e. The lowest BCUT2D eigenvalue weighted by atomic mass is 9.87. The molecule has 0 radical (unpaired) electrons. The Morgan fingerprint density at radius 1 is 1.14 bits per heavy atom. The van der Waals surface area contributed by atoms with Crippen LogP contribution in [0.4, 0.5) is 16.2 Å². The van der Waals surface area contributed by atoms with E-state index in [1.165, 1.54) is 5.57 Å². The van der Waals surface area contributed by atoms with Crippen LogP contribution in [-0.2, 0) is 9.59 Å². The number of halogens is 1. The molecule has 8 heteroatoms. The van der Waals surface area contributed by atoms with Gasteiger partial charge in [-0.1, -0.05) is 30.7 Å². The third-order valence-corrected chi connectivity index (χ3v) is 6.40. The first-order valence-electron chi connectivity index (χ1n) is 11.6. The molecule has 2 aliphatic heterocycles. The molecule has 0 saturated carbocycles. The predicted molar refractivity (Wildman–Crippen MR) is 140 cm³/mol. The minimum atomic E-state index is -0.627. The number of hydrogen-bond acceptors (Lipinski definition) is 4. The van der Waals surface area contributed by atoms with Crippen molar-refractivity contribution in [3.8, 4) is 0 Å². The van der Waals surface area contributed by atoms with Crippen LogP contribution in [-0.4, -0.2) is 41.4 Å². The van der Waals surface area contributed by atoms with E-state index in [2.05, 4.69) is 55.4 Å². The minimum absolute atomic E-state index is 0.0877. The molecule has 0 aromatic heterocycles. The van der Waals surface area contributed by atoms with Gasteiger partial charge in [-0.3, -0.25) is 9.59 Å². The maximum Gasteiger partial charge on any atom is 0.329 e. The highest BCUT2D eigenvalue weighted by atomic mass is 35.5. The van der Waals surface area contributed by atoms with E-state index in [0.717, 1.165) is 34.7 Å². The number of nitrogens with one attached hydrogen (secondary N) is 2. The van der Waals surface area contributed by atoms with E-state index in [1.54, 1.807) is 30.3 Å². The van der Waals surface area contributed by atoms with E-state index in [4.69, 9.17) is 11.6 Å². The SMILES string of the molecule is CCCN1c2ccc(/C=C3/NC(=O)N(CC(=O)Nc4ccc(Cl)cc4)C3=O)cc2C(C)=CC1(C)C. The van der Waals surface area contributed by atoms with Crippen molar-refractivity contribution in [1.29, 1.82) is 0 Å². The number of imide groups is 1. The molecule has 35 heavy (non-hydrogen) atoms. The Morgan fingerprint density at radius 3 is 2.54 bits per heavy atom. The van der Waals surface area contributed by atoms with Crippen LogP contribution < -0.4 is 15.5 Å². The van der Waals surface area contributed by atoms with Crippen molar-refractivity contribution >= 4 is 52.5 Å². The summed E-state index contributed by atoms with van der Waals surface area (Å²) in [6.07, 6.45) is 4.93. The predicted octanol–water partition coefficient (Wildman–Crippen LogP) is 5.28. The van der Waals surface area contributed by atoms with E-state index in [1.807, 2.05) is 12.1 Å². The monoisotopic (exact) mass is 492 g/mol. The number of carbonyl (C=O) groups excluding carboxylic acids is 3. The van der Waals surface area contributed by atoms with Crippen LogP contribution in [0.25, 0.3) is 11.6 Å². The molecule has 0 atom stereocenters. The normalized spacial score (nSPS) is 17.9. The summed E-state index contributed by atoms with van der Waals surface area (Å²) < 4.78 is 0. The summed E-state index contributed by atoms with van der Waals surface area (Å²) in [4.78, 5) is 41.0. The summed E-state index contributed by atoms with van der Waals surface area (Å²) in [7, 11) is 0. The molecular weight excluding hydrogens is 464 g/mol. The molecule has 0 aliphatic carbocycles. The first-order valence-corrected chi connectivity index (χ1v) is 12.0. The van der Waals surface area contributed by atoms with Crippen LogP contribution in [0.2, 0.25) is 5.02 Å². The molecule has 1 saturated heterocycles. The first-order chi connectivity index (χ1) is 16.6. The molecule has 2 aromatic carbocycles. The van der Waals surface area contributed by atoms with Crippen molar-refractivity contribution in [2.75, 3.05) is 23.3 Å². The highest BCUT2D eigenvalue weighted by molar-refractivity contribution is 6.30. The number of nitrogens with zero attached hydrogens (tertiary/aromatic N) is 2. The number of anilines is 2. The molecule has 0 bridgehead atoms. The molecule has 2 aromatic rings. The number of rotatable bonds is 6. The summed E-state index contributed by atoms with van der Waals surface area (Å²) in [5.41, 5.74) is 4.79. The fourth-order valence-corrected chi connectivity index (χ4v) is 4.71. The molecule has 182 valence electrons. The number of benzene rings is 2. The van der Waals surface area contributed by atoms with Crippen LogP contribution >= 0.6 is 11.6 Å². The fourth-order valence-electron chi connectivity index (χ4n) is 4.58. The van der Waals surface area contributed by atoms with Crippen LogP contribution in [0.1, 0.15) is 45.2 Å². The Bertz CT molecular complexity index is 1250. The van der Waals surface area contributed by atoms with Crippen molar-refractivity contribution < 1.29 is 14.4 Å². The summed E-state index contributed by atoms with van der Waals surface area (Å²) in [5.74, 6) is -1.02. The van der Waals surface area contributed by atoms with Gasteiger partial charge < -0.3 is 15.5 Å². The Balaban J connectivity index is 1.52. The average molecular weight is 493 g/mol. The van der Waals surface area contributed by atoms with Gasteiger partial charge in [0.15, 0.2) is 0 Å². The van der Waals surface area contributed by atoms with E-state index in [9.17, 15) is 14.4 Å². The molecule has 0 unspecified atom stereocenters. The van der Waals surface area contributed by atoms with Gasteiger partial charge in [-0.2, -0.15) is 0 Å². The quantitative estimate of drug-likeness (QED) is 0.424. The average Bonchev–Trinajstić information content (AvgIpc) is 3.05. The number of hydrogen-bond donors (Lipinski definition) is 2. The lowest BCUT2D eigenvalue weighted by molar-refractivity contribution is -0.127. The lowest BCUT2D eigenvalue weighted by Crippen LogP contribution is -2.45. The minimum Gasteiger partial charge on any atom is -0.362 e. The van der Waals surface area contributed by atoms with Crippen molar-refractivity contribution in [2.45, 2.75) is 39.7 Å². The van der Waals surface area contributed by atoms with Crippen LogP contribution in [0.15, 0.2) is 54.2 Å². The number of allylic oxidation sites excluding steroid dienone is 1. The summed E-state index contributed by atoms with van der Waals surface area (Å²) in [6.45, 7) is 9.20. The van der Waals surface area contributed by atoms with Gasteiger partial charge in [0.25, 0.3) is 5.91 Å². The molecule has 2 heterocycles. The van der Waals surface area contributed by atoms with Gasteiger partial charge in [0.2, 0.25) is 5.91 Å². The van der Waals surface area contributed by atoms with Gasteiger partial charge in [-0.15, -0.1) is 0 Å². The molecular formula is C27H29ClN4O3. The second-order valence-electron chi connectivity index (χ2n) is 9.34. The Labute approximate surface area is 210 Å². The molecule has 2 aliphatic rings. The van der Waals surface area contributed by atoms with Gasteiger partial charge in [0.05, 0.1) is 5.54 Å². The van der Waals surface area contributed by atoms with Gasteiger partial charge in [-0.05, 0) is 80.8 Å². The van der Waals surface area contributed by atoms with Crippen molar-refractivity contribution in [3.05, 3.63) is 70.4 Å². The third-order valence-electron chi connectivity index (χ3n) is 6.15. The van der Waals surface area contributed by atoms with Crippen molar-refractivity contribution in [2.24, 2.45) is 0 Å². The second-order valence-corrected chi connectivity index (χ2v) is 9.78.